The lowest BCUT2D eigenvalue weighted by Crippen LogP contribution is -2.45. The van der Waals surface area contributed by atoms with Gasteiger partial charge in [-0.1, -0.05) is 13.8 Å². The molecule has 0 saturated carbocycles. The van der Waals surface area contributed by atoms with Crippen molar-refractivity contribution in [1.82, 2.24) is 10.2 Å². The van der Waals surface area contributed by atoms with Gasteiger partial charge in [0.1, 0.15) is 0 Å². The Hall–Kier alpha value is -1.53. The van der Waals surface area contributed by atoms with Crippen LogP contribution < -0.4 is 10.6 Å². The molecule has 1 unspecified atom stereocenters. The summed E-state index contributed by atoms with van der Waals surface area (Å²) in [4.78, 5) is 27.9. The predicted molar refractivity (Wildman–Crippen MR) is 102 cm³/mol. The highest BCUT2D eigenvalue weighted by Crippen LogP contribution is 2.35. The van der Waals surface area contributed by atoms with Crippen LogP contribution in [0, 0.1) is 5.92 Å². The molecule has 0 aromatic heterocycles. The summed E-state index contributed by atoms with van der Waals surface area (Å²) in [6.07, 6.45) is 1.99. The number of fused-ring (bicyclic) bond motifs is 1. The smallest absolute Gasteiger partial charge is 0.251 e. The number of hydrogen-bond acceptors (Lipinski definition) is 4. The Kier molecular flexibility index (Phi) is 5.69. The number of thioether (sulfide) groups is 1. The third-order valence-corrected chi connectivity index (χ3v) is 5.90. The van der Waals surface area contributed by atoms with E-state index >= 15 is 0 Å². The Bertz CT molecular complexity index is 654. The van der Waals surface area contributed by atoms with Gasteiger partial charge in [0.2, 0.25) is 5.91 Å². The van der Waals surface area contributed by atoms with E-state index in [9.17, 15) is 9.59 Å². The summed E-state index contributed by atoms with van der Waals surface area (Å²) in [5.41, 5.74) is 1.35. The second kappa shape index (κ2) is 7.79. The zero-order valence-corrected chi connectivity index (χ0v) is 16.0. The number of nitrogens with zero attached hydrogens (tertiary/aromatic N) is 1. The maximum atomic E-state index is 12.6. The lowest BCUT2D eigenvalue weighted by atomic mass is 10.0. The van der Waals surface area contributed by atoms with Crippen molar-refractivity contribution in [1.29, 1.82) is 0 Å². The second-order valence-corrected chi connectivity index (χ2v) is 8.79. The Morgan fingerprint density at radius 2 is 2.08 bits per heavy atom. The van der Waals surface area contributed by atoms with Gasteiger partial charge in [-0.2, -0.15) is 0 Å². The fourth-order valence-electron chi connectivity index (χ4n) is 3.40. The average molecular weight is 362 g/mol. The molecule has 2 amide bonds. The molecule has 1 atom stereocenters. The lowest BCUT2D eigenvalue weighted by molar-refractivity contribution is -0.115. The zero-order chi connectivity index (χ0) is 18.0. The molecule has 1 saturated heterocycles. The van der Waals surface area contributed by atoms with Crippen molar-refractivity contribution in [3.8, 4) is 0 Å². The van der Waals surface area contributed by atoms with E-state index in [2.05, 4.69) is 29.4 Å². The minimum atomic E-state index is -0.0943. The third kappa shape index (κ3) is 4.55. The van der Waals surface area contributed by atoms with Crippen LogP contribution in [0.1, 0.15) is 44.0 Å². The number of carbonyl (C=O) groups excluding carboxylic acids is 2. The average Bonchev–Trinajstić information content (AvgIpc) is 2.57. The van der Waals surface area contributed by atoms with Gasteiger partial charge in [0.15, 0.2) is 0 Å². The number of nitrogens with one attached hydrogen (secondary N) is 2. The first kappa shape index (κ1) is 18.3. The Labute approximate surface area is 153 Å². The molecule has 1 aromatic rings. The van der Waals surface area contributed by atoms with Crippen molar-refractivity contribution in [3.05, 3.63) is 23.8 Å². The van der Waals surface area contributed by atoms with E-state index in [-0.39, 0.29) is 23.1 Å². The molecule has 2 N–H and O–H groups in total. The van der Waals surface area contributed by atoms with Gasteiger partial charge in [-0.3, -0.25) is 9.59 Å². The maximum Gasteiger partial charge on any atom is 0.251 e. The number of carbonyl (C=O) groups is 2. The molecule has 136 valence electrons. The molecule has 0 spiro atoms. The molecule has 0 bridgehead atoms. The molecule has 1 fully saturated rings. The van der Waals surface area contributed by atoms with Crippen LogP contribution >= 0.6 is 11.8 Å². The first-order chi connectivity index (χ1) is 11.9. The molecular weight excluding hydrogens is 334 g/mol. The Balaban J connectivity index is 1.58. The van der Waals surface area contributed by atoms with Gasteiger partial charge in [-0.05, 0) is 43.9 Å². The summed E-state index contributed by atoms with van der Waals surface area (Å²) < 4.78 is 0. The molecule has 2 heterocycles. The largest absolute Gasteiger partial charge is 0.349 e. The highest BCUT2D eigenvalue weighted by Gasteiger charge is 2.25. The molecule has 6 heteroatoms. The van der Waals surface area contributed by atoms with E-state index in [0.717, 1.165) is 43.1 Å². The molecule has 1 aromatic carbocycles. The van der Waals surface area contributed by atoms with E-state index < -0.39 is 0 Å². The van der Waals surface area contributed by atoms with Crippen LogP contribution in [0.2, 0.25) is 0 Å². The number of piperidine rings is 1. The van der Waals surface area contributed by atoms with Gasteiger partial charge >= 0.3 is 0 Å². The summed E-state index contributed by atoms with van der Waals surface area (Å²) in [5, 5.41) is 5.94. The molecule has 3 rings (SSSR count). The Morgan fingerprint density at radius 1 is 1.36 bits per heavy atom. The van der Waals surface area contributed by atoms with Gasteiger partial charge in [0, 0.05) is 36.1 Å². The number of amides is 2. The minimum absolute atomic E-state index is 0.00687. The fourth-order valence-corrected chi connectivity index (χ4v) is 4.33. The summed E-state index contributed by atoms with van der Waals surface area (Å²) in [6, 6.07) is 5.79. The van der Waals surface area contributed by atoms with Gasteiger partial charge in [-0.15, -0.1) is 11.8 Å². The number of likely N-dealkylation sites (tertiary alicyclic amines) is 1. The molecule has 0 radical (unpaired) electrons. The van der Waals surface area contributed by atoms with Crippen molar-refractivity contribution < 1.29 is 9.59 Å². The van der Waals surface area contributed by atoms with Crippen LogP contribution in [0.5, 0.6) is 0 Å². The van der Waals surface area contributed by atoms with Gasteiger partial charge in [0.25, 0.3) is 5.91 Å². The second-order valence-electron chi connectivity index (χ2n) is 7.40. The SMILES string of the molecule is CC(C)CN1CCC(NC(=O)c2ccc3c(c2)NC(=O)C(C)S3)CC1. The summed E-state index contributed by atoms with van der Waals surface area (Å²) >= 11 is 1.53. The molecule has 5 nitrogen and oxygen atoms in total. The number of anilines is 1. The van der Waals surface area contributed by atoms with Crippen LogP contribution in [0.4, 0.5) is 5.69 Å². The predicted octanol–water partition coefficient (Wildman–Crippen LogP) is 2.97. The molecule has 2 aliphatic rings. The monoisotopic (exact) mass is 361 g/mol. The Morgan fingerprint density at radius 3 is 2.76 bits per heavy atom. The third-order valence-electron chi connectivity index (χ3n) is 4.72. The van der Waals surface area contributed by atoms with Crippen molar-refractivity contribution in [2.24, 2.45) is 5.92 Å². The van der Waals surface area contributed by atoms with Gasteiger partial charge in [0.05, 0.1) is 10.9 Å². The van der Waals surface area contributed by atoms with Crippen molar-refractivity contribution in [3.63, 3.8) is 0 Å². The first-order valence-corrected chi connectivity index (χ1v) is 9.95. The lowest BCUT2D eigenvalue weighted by Gasteiger charge is -2.33. The topological polar surface area (TPSA) is 61.4 Å². The normalized spacial score (nSPS) is 21.8. The van der Waals surface area contributed by atoms with Crippen LogP contribution in [0.3, 0.4) is 0 Å². The molecule has 2 aliphatic heterocycles. The zero-order valence-electron chi connectivity index (χ0n) is 15.2. The van der Waals surface area contributed by atoms with E-state index in [1.54, 1.807) is 6.07 Å². The summed E-state index contributed by atoms with van der Waals surface area (Å²) in [6.45, 7) is 9.57. The fraction of sp³-hybridized carbons (Fsp3) is 0.579. The van der Waals surface area contributed by atoms with E-state index in [4.69, 9.17) is 0 Å². The maximum absolute atomic E-state index is 12.6. The van der Waals surface area contributed by atoms with Crippen LogP contribution in [-0.4, -0.2) is 47.6 Å². The van der Waals surface area contributed by atoms with Crippen molar-refractivity contribution in [2.75, 3.05) is 25.0 Å². The quantitative estimate of drug-likeness (QED) is 0.865. The standard InChI is InChI=1S/C19H27N3O2S/c1-12(2)11-22-8-6-15(7-9-22)20-19(24)14-4-5-17-16(10-14)21-18(23)13(3)25-17/h4-5,10,12-13,15H,6-9,11H2,1-3H3,(H,20,24)(H,21,23). The van der Waals surface area contributed by atoms with Crippen LogP contribution in [0.15, 0.2) is 23.1 Å². The first-order valence-electron chi connectivity index (χ1n) is 9.07. The number of hydrogen-bond donors (Lipinski definition) is 2. The van der Waals surface area contributed by atoms with Gasteiger partial charge in [-0.25, -0.2) is 0 Å². The van der Waals surface area contributed by atoms with Crippen molar-refractivity contribution >= 4 is 29.3 Å². The molecule has 0 aliphatic carbocycles. The highest BCUT2D eigenvalue weighted by atomic mass is 32.2. The molecule has 25 heavy (non-hydrogen) atoms. The van der Waals surface area contributed by atoms with Crippen molar-refractivity contribution in [2.45, 2.75) is 49.8 Å². The number of benzene rings is 1. The number of rotatable bonds is 4. The minimum Gasteiger partial charge on any atom is -0.349 e. The van der Waals surface area contributed by atoms with E-state index in [1.807, 2.05) is 19.1 Å². The van der Waals surface area contributed by atoms with Crippen LogP contribution in [-0.2, 0) is 4.79 Å². The van der Waals surface area contributed by atoms with E-state index in [1.165, 1.54) is 11.8 Å². The van der Waals surface area contributed by atoms with E-state index in [0.29, 0.717) is 11.5 Å². The van der Waals surface area contributed by atoms with Crippen LogP contribution in [0.25, 0.3) is 0 Å². The highest BCUT2D eigenvalue weighted by molar-refractivity contribution is 8.00. The summed E-state index contributed by atoms with van der Waals surface area (Å²) in [7, 11) is 0. The van der Waals surface area contributed by atoms with Gasteiger partial charge < -0.3 is 15.5 Å². The summed E-state index contributed by atoms with van der Waals surface area (Å²) in [5.74, 6) is 0.619. The molecular formula is C19H27N3O2S.